The first-order valence-corrected chi connectivity index (χ1v) is 7.93. The van der Waals surface area contributed by atoms with Crippen LogP contribution >= 0.6 is 0 Å². The molecule has 0 aliphatic heterocycles. The third-order valence-corrected chi connectivity index (χ3v) is 3.91. The summed E-state index contributed by atoms with van der Waals surface area (Å²) < 4.78 is 0. The monoisotopic (exact) mass is 276 g/mol. The summed E-state index contributed by atoms with van der Waals surface area (Å²) in [5.41, 5.74) is 2.62. The van der Waals surface area contributed by atoms with Crippen molar-refractivity contribution in [1.29, 1.82) is 0 Å². The number of aryl methyl sites for hydroxylation is 1. The maximum atomic E-state index is 4.83. The summed E-state index contributed by atoms with van der Waals surface area (Å²) in [7, 11) is 4.18. The van der Waals surface area contributed by atoms with E-state index in [1.54, 1.807) is 0 Å². The Kier molecular flexibility index (Phi) is 5.92. The Morgan fingerprint density at radius 2 is 2.20 bits per heavy atom. The van der Waals surface area contributed by atoms with Gasteiger partial charge in [-0.1, -0.05) is 13.3 Å². The van der Waals surface area contributed by atoms with Crippen molar-refractivity contribution < 1.29 is 0 Å². The number of aromatic nitrogens is 2. The largest absolute Gasteiger partial charge is 0.310 e. The Morgan fingerprint density at radius 1 is 1.35 bits per heavy atom. The van der Waals surface area contributed by atoms with E-state index in [9.17, 15) is 0 Å². The molecule has 0 bridgehead atoms. The molecule has 0 radical (unpaired) electrons. The summed E-state index contributed by atoms with van der Waals surface area (Å²) in [6.45, 7) is 4.30. The molecule has 0 fully saturated rings. The summed E-state index contributed by atoms with van der Waals surface area (Å²) in [6.07, 6.45) is 9.05. The molecule has 1 N–H and O–H groups in total. The van der Waals surface area contributed by atoms with Gasteiger partial charge in [-0.05, 0) is 46.3 Å². The quantitative estimate of drug-likeness (QED) is 0.810. The van der Waals surface area contributed by atoms with Crippen LogP contribution in [0.2, 0.25) is 0 Å². The minimum atomic E-state index is 0.454. The molecule has 1 aliphatic rings. The zero-order valence-corrected chi connectivity index (χ0v) is 13.2. The van der Waals surface area contributed by atoms with Crippen LogP contribution in [-0.2, 0) is 12.8 Å². The van der Waals surface area contributed by atoms with Gasteiger partial charge in [0.25, 0.3) is 0 Å². The minimum absolute atomic E-state index is 0.454. The second-order valence-corrected chi connectivity index (χ2v) is 5.99. The van der Waals surface area contributed by atoms with Gasteiger partial charge in [0.05, 0.1) is 0 Å². The first-order valence-electron chi connectivity index (χ1n) is 7.93. The summed E-state index contributed by atoms with van der Waals surface area (Å²) in [4.78, 5) is 11.6. The Morgan fingerprint density at radius 3 is 2.95 bits per heavy atom. The molecule has 2 rings (SSSR count). The van der Waals surface area contributed by atoms with Crippen LogP contribution in [0.15, 0.2) is 6.20 Å². The summed E-state index contributed by atoms with van der Waals surface area (Å²) >= 11 is 0. The van der Waals surface area contributed by atoms with E-state index in [0.29, 0.717) is 6.04 Å². The van der Waals surface area contributed by atoms with Crippen molar-refractivity contribution in [2.24, 2.45) is 0 Å². The molecule has 0 saturated carbocycles. The third kappa shape index (κ3) is 4.25. The third-order valence-electron chi connectivity index (χ3n) is 3.91. The molecule has 20 heavy (non-hydrogen) atoms. The van der Waals surface area contributed by atoms with Crippen LogP contribution in [-0.4, -0.2) is 42.1 Å². The van der Waals surface area contributed by atoms with E-state index < -0.39 is 0 Å². The smallest absolute Gasteiger partial charge is 0.129 e. The van der Waals surface area contributed by atoms with Gasteiger partial charge in [0.15, 0.2) is 0 Å². The molecule has 1 aromatic heterocycles. The SMILES string of the molecule is CCCNC1CCCCc2nc(CCN(C)C)ncc21. The normalized spacial score (nSPS) is 18.9. The Balaban J connectivity index is 2.12. The van der Waals surface area contributed by atoms with Crippen molar-refractivity contribution in [3.63, 3.8) is 0 Å². The summed E-state index contributed by atoms with van der Waals surface area (Å²) in [6, 6.07) is 0.454. The maximum Gasteiger partial charge on any atom is 0.129 e. The minimum Gasteiger partial charge on any atom is -0.310 e. The molecule has 0 amide bonds. The van der Waals surface area contributed by atoms with Crippen molar-refractivity contribution in [1.82, 2.24) is 20.2 Å². The maximum absolute atomic E-state index is 4.83. The number of hydrogen-bond acceptors (Lipinski definition) is 4. The highest BCUT2D eigenvalue weighted by atomic mass is 15.1. The number of rotatable bonds is 6. The van der Waals surface area contributed by atoms with Crippen LogP contribution in [0.1, 0.15) is 55.7 Å². The predicted molar refractivity (Wildman–Crippen MR) is 82.9 cm³/mol. The lowest BCUT2D eigenvalue weighted by Crippen LogP contribution is -2.23. The fourth-order valence-electron chi connectivity index (χ4n) is 2.73. The standard InChI is InChI=1S/C16H28N4/c1-4-10-17-14-7-5-6-8-15-13(14)12-18-16(19-15)9-11-20(2)3/h12,14,17H,4-11H2,1-3H3. The lowest BCUT2D eigenvalue weighted by molar-refractivity contribution is 0.409. The summed E-state index contributed by atoms with van der Waals surface area (Å²) in [5, 5.41) is 3.65. The Labute approximate surface area is 123 Å². The van der Waals surface area contributed by atoms with E-state index in [1.807, 2.05) is 0 Å². The van der Waals surface area contributed by atoms with E-state index in [2.05, 4.69) is 42.4 Å². The highest BCUT2D eigenvalue weighted by Gasteiger charge is 2.20. The van der Waals surface area contributed by atoms with E-state index in [1.165, 1.54) is 36.9 Å². The van der Waals surface area contributed by atoms with Gasteiger partial charge in [-0.15, -0.1) is 0 Å². The van der Waals surface area contributed by atoms with Crippen LogP contribution in [0, 0.1) is 0 Å². The Bertz CT molecular complexity index is 417. The second kappa shape index (κ2) is 7.70. The fourth-order valence-corrected chi connectivity index (χ4v) is 2.73. The van der Waals surface area contributed by atoms with Crippen LogP contribution in [0.3, 0.4) is 0 Å². The molecular formula is C16H28N4. The van der Waals surface area contributed by atoms with Gasteiger partial charge in [-0.25, -0.2) is 9.97 Å². The molecule has 1 aromatic rings. The molecule has 0 spiro atoms. The topological polar surface area (TPSA) is 41.1 Å². The van der Waals surface area contributed by atoms with E-state index in [4.69, 9.17) is 4.98 Å². The van der Waals surface area contributed by atoms with Gasteiger partial charge >= 0.3 is 0 Å². The molecule has 1 aliphatic carbocycles. The van der Waals surface area contributed by atoms with Gasteiger partial charge in [0.2, 0.25) is 0 Å². The molecule has 0 aromatic carbocycles. The molecule has 112 valence electrons. The molecule has 0 saturated heterocycles. The predicted octanol–water partition coefficient (Wildman–Crippen LogP) is 2.35. The fraction of sp³-hybridized carbons (Fsp3) is 0.750. The van der Waals surface area contributed by atoms with Crippen molar-refractivity contribution >= 4 is 0 Å². The van der Waals surface area contributed by atoms with Gasteiger partial charge in [-0.3, -0.25) is 0 Å². The van der Waals surface area contributed by atoms with Crippen molar-refractivity contribution in [3.05, 3.63) is 23.3 Å². The van der Waals surface area contributed by atoms with E-state index >= 15 is 0 Å². The number of hydrogen-bond donors (Lipinski definition) is 1. The van der Waals surface area contributed by atoms with Crippen molar-refractivity contribution in [3.8, 4) is 0 Å². The van der Waals surface area contributed by atoms with Crippen LogP contribution < -0.4 is 5.32 Å². The van der Waals surface area contributed by atoms with Gasteiger partial charge in [0, 0.05) is 36.5 Å². The summed E-state index contributed by atoms with van der Waals surface area (Å²) in [5.74, 6) is 0.994. The van der Waals surface area contributed by atoms with Crippen molar-refractivity contribution in [2.45, 2.75) is 51.5 Å². The number of nitrogens with one attached hydrogen (secondary N) is 1. The van der Waals surface area contributed by atoms with Gasteiger partial charge in [0.1, 0.15) is 5.82 Å². The highest BCUT2D eigenvalue weighted by molar-refractivity contribution is 5.23. The lowest BCUT2D eigenvalue weighted by Gasteiger charge is -2.18. The van der Waals surface area contributed by atoms with Gasteiger partial charge < -0.3 is 10.2 Å². The average molecular weight is 276 g/mol. The molecule has 1 atom stereocenters. The van der Waals surface area contributed by atoms with Crippen LogP contribution in [0.4, 0.5) is 0 Å². The van der Waals surface area contributed by atoms with Crippen molar-refractivity contribution in [2.75, 3.05) is 27.2 Å². The van der Waals surface area contributed by atoms with E-state index in [0.717, 1.165) is 31.8 Å². The second-order valence-electron chi connectivity index (χ2n) is 5.99. The van der Waals surface area contributed by atoms with Crippen LogP contribution in [0.5, 0.6) is 0 Å². The number of fused-ring (bicyclic) bond motifs is 1. The van der Waals surface area contributed by atoms with Crippen LogP contribution in [0.25, 0.3) is 0 Å². The number of likely N-dealkylation sites (N-methyl/N-ethyl adjacent to an activating group) is 1. The Hall–Kier alpha value is -1.00. The first-order chi connectivity index (χ1) is 9.70. The molecule has 4 heteroatoms. The molecule has 1 unspecified atom stereocenters. The average Bonchev–Trinajstić information content (AvgIpc) is 2.64. The van der Waals surface area contributed by atoms with E-state index in [-0.39, 0.29) is 0 Å². The highest BCUT2D eigenvalue weighted by Crippen LogP contribution is 2.27. The zero-order valence-electron chi connectivity index (χ0n) is 13.2. The molecule has 4 nitrogen and oxygen atoms in total. The zero-order chi connectivity index (χ0) is 14.4. The molecular weight excluding hydrogens is 248 g/mol. The molecule has 1 heterocycles. The van der Waals surface area contributed by atoms with Gasteiger partial charge in [-0.2, -0.15) is 0 Å². The lowest BCUT2D eigenvalue weighted by atomic mass is 10.0. The first kappa shape index (κ1) is 15.4. The number of nitrogens with zero attached hydrogens (tertiary/aromatic N) is 3.